The number of hydrogen-bond acceptors (Lipinski definition) is 2. The standard InChI is InChI=1S/C5H10FNS/c6-7-2-1-4-8-5-3-7/h1-5H2. The van der Waals surface area contributed by atoms with E-state index in [1.54, 1.807) is 0 Å². The zero-order valence-corrected chi connectivity index (χ0v) is 5.59. The molecule has 0 saturated carbocycles. The molecule has 0 bridgehead atoms. The molecule has 1 nitrogen and oxygen atoms in total. The van der Waals surface area contributed by atoms with Gasteiger partial charge in [0.05, 0.1) is 0 Å². The van der Waals surface area contributed by atoms with Crippen LogP contribution in [0, 0.1) is 0 Å². The molecule has 1 heterocycles. The van der Waals surface area contributed by atoms with Crippen LogP contribution in [0.25, 0.3) is 0 Å². The van der Waals surface area contributed by atoms with E-state index in [2.05, 4.69) is 0 Å². The van der Waals surface area contributed by atoms with Crippen LogP contribution in [0.1, 0.15) is 6.42 Å². The van der Waals surface area contributed by atoms with Gasteiger partial charge < -0.3 is 0 Å². The molecule has 1 fully saturated rings. The lowest BCUT2D eigenvalue weighted by molar-refractivity contribution is 0.0356. The van der Waals surface area contributed by atoms with E-state index < -0.39 is 0 Å². The van der Waals surface area contributed by atoms with Gasteiger partial charge in [-0.25, -0.2) is 0 Å². The van der Waals surface area contributed by atoms with Crippen molar-refractivity contribution in [2.24, 2.45) is 0 Å². The molecule has 0 aromatic rings. The molecule has 0 unspecified atom stereocenters. The van der Waals surface area contributed by atoms with Crippen molar-refractivity contribution in [1.82, 2.24) is 5.12 Å². The van der Waals surface area contributed by atoms with E-state index in [0.29, 0.717) is 13.1 Å². The van der Waals surface area contributed by atoms with E-state index in [4.69, 9.17) is 0 Å². The average Bonchev–Trinajstić information content (AvgIpc) is 1.94. The van der Waals surface area contributed by atoms with E-state index in [0.717, 1.165) is 23.0 Å². The summed E-state index contributed by atoms with van der Waals surface area (Å²) in [5.74, 6) is 2.08. The van der Waals surface area contributed by atoms with E-state index >= 15 is 0 Å². The molecule has 1 rings (SSSR count). The van der Waals surface area contributed by atoms with E-state index in [-0.39, 0.29) is 0 Å². The van der Waals surface area contributed by atoms with Crippen LogP contribution in [0.3, 0.4) is 0 Å². The predicted octanol–water partition coefficient (Wildman–Crippen LogP) is 1.31. The summed E-state index contributed by atoms with van der Waals surface area (Å²) in [5, 5.41) is 0.903. The fourth-order valence-electron chi connectivity index (χ4n) is 0.716. The topological polar surface area (TPSA) is 3.24 Å². The predicted molar refractivity (Wildman–Crippen MR) is 34.6 cm³/mol. The molecule has 0 aromatic heterocycles. The van der Waals surface area contributed by atoms with Crippen molar-refractivity contribution in [2.45, 2.75) is 6.42 Å². The van der Waals surface area contributed by atoms with Crippen molar-refractivity contribution in [2.75, 3.05) is 24.6 Å². The molecule has 3 heteroatoms. The van der Waals surface area contributed by atoms with Crippen LogP contribution < -0.4 is 0 Å². The lowest BCUT2D eigenvalue weighted by atomic mass is 10.5. The van der Waals surface area contributed by atoms with Gasteiger partial charge in [-0.05, 0) is 12.2 Å². The lowest BCUT2D eigenvalue weighted by Gasteiger charge is -2.03. The van der Waals surface area contributed by atoms with Crippen molar-refractivity contribution in [3.63, 3.8) is 0 Å². The van der Waals surface area contributed by atoms with Gasteiger partial charge in [-0.3, -0.25) is 0 Å². The largest absolute Gasteiger partial charge is 0.161 e. The fourth-order valence-corrected chi connectivity index (χ4v) is 1.58. The first-order valence-electron chi connectivity index (χ1n) is 2.88. The summed E-state index contributed by atoms with van der Waals surface area (Å²) in [5.41, 5.74) is 0. The summed E-state index contributed by atoms with van der Waals surface area (Å²) in [6, 6.07) is 0. The van der Waals surface area contributed by atoms with Gasteiger partial charge in [0.1, 0.15) is 0 Å². The van der Waals surface area contributed by atoms with Gasteiger partial charge in [0.2, 0.25) is 0 Å². The van der Waals surface area contributed by atoms with Crippen LogP contribution in [0.15, 0.2) is 0 Å². The van der Waals surface area contributed by atoms with Gasteiger partial charge >= 0.3 is 0 Å². The Kier molecular flexibility index (Phi) is 2.63. The third-order valence-electron chi connectivity index (χ3n) is 1.17. The highest BCUT2D eigenvalue weighted by Crippen LogP contribution is 2.09. The number of thioether (sulfide) groups is 1. The normalized spacial score (nSPS) is 25.1. The van der Waals surface area contributed by atoms with Crippen molar-refractivity contribution in [3.8, 4) is 0 Å². The summed E-state index contributed by atoms with van der Waals surface area (Å²) >= 11 is 1.84. The van der Waals surface area contributed by atoms with Gasteiger partial charge in [-0.2, -0.15) is 11.8 Å². The zero-order valence-electron chi connectivity index (χ0n) is 4.77. The highest BCUT2D eigenvalue weighted by atomic mass is 32.2. The van der Waals surface area contributed by atoms with Gasteiger partial charge in [-0.15, -0.1) is 9.60 Å². The Balaban J connectivity index is 2.17. The number of rotatable bonds is 0. The number of hydrogen-bond donors (Lipinski definition) is 0. The molecular weight excluding hydrogens is 125 g/mol. The zero-order chi connectivity index (χ0) is 5.82. The van der Waals surface area contributed by atoms with Gasteiger partial charge in [0, 0.05) is 18.8 Å². The molecule has 0 atom stereocenters. The Morgan fingerprint density at radius 1 is 1.25 bits per heavy atom. The Bertz CT molecular complexity index is 61.4. The first-order valence-corrected chi connectivity index (χ1v) is 4.03. The highest BCUT2D eigenvalue weighted by molar-refractivity contribution is 7.99. The molecule has 0 aromatic carbocycles. The maximum atomic E-state index is 12.3. The second kappa shape index (κ2) is 3.30. The summed E-state index contributed by atoms with van der Waals surface area (Å²) in [6.45, 7) is 1.25. The Labute approximate surface area is 53.2 Å². The second-order valence-corrected chi connectivity index (χ2v) is 3.10. The minimum Gasteiger partial charge on any atom is -0.161 e. The van der Waals surface area contributed by atoms with E-state index in [1.165, 1.54) is 0 Å². The summed E-state index contributed by atoms with van der Waals surface area (Å²) in [4.78, 5) is 0. The minimum absolute atomic E-state index is 0.616. The lowest BCUT2D eigenvalue weighted by Crippen LogP contribution is -2.15. The van der Waals surface area contributed by atoms with Crippen LogP contribution in [0.5, 0.6) is 0 Å². The minimum atomic E-state index is 0.616. The molecule has 1 saturated heterocycles. The van der Waals surface area contributed by atoms with Crippen molar-refractivity contribution < 1.29 is 4.48 Å². The Morgan fingerprint density at radius 2 is 2.12 bits per heavy atom. The molecule has 0 radical (unpaired) electrons. The van der Waals surface area contributed by atoms with E-state index in [1.807, 2.05) is 11.8 Å². The van der Waals surface area contributed by atoms with Crippen molar-refractivity contribution in [1.29, 1.82) is 0 Å². The first-order chi connectivity index (χ1) is 3.89. The maximum Gasteiger partial charge on any atom is 0.0381 e. The third-order valence-corrected chi connectivity index (χ3v) is 2.22. The second-order valence-electron chi connectivity index (χ2n) is 1.88. The average molecular weight is 135 g/mol. The van der Waals surface area contributed by atoms with Crippen molar-refractivity contribution >= 4 is 11.8 Å². The summed E-state index contributed by atoms with van der Waals surface area (Å²) in [7, 11) is 0. The van der Waals surface area contributed by atoms with Crippen molar-refractivity contribution in [3.05, 3.63) is 0 Å². The monoisotopic (exact) mass is 135 g/mol. The fraction of sp³-hybridized carbons (Fsp3) is 1.00. The molecule has 0 spiro atoms. The SMILES string of the molecule is FN1CCCSCC1. The molecule has 0 N–H and O–H groups in total. The Hall–Kier alpha value is 0.240. The quantitative estimate of drug-likeness (QED) is 0.461. The summed E-state index contributed by atoms with van der Waals surface area (Å²) in [6.07, 6.45) is 1.00. The number of halogens is 1. The molecule has 1 aliphatic heterocycles. The van der Waals surface area contributed by atoms with Gasteiger partial charge in [0.15, 0.2) is 0 Å². The molecule has 0 aliphatic carbocycles. The van der Waals surface area contributed by atoms with Crippen LogP contribution >= 0.6 is 11.8 Å². The van der Waals surface area contributed by atoms with Crippen LogP contribution in [0.2, 0.25) is 0 Å². The summed E-state index contributed by atoms with van der Waals surface area (Å²) < 4.78 is 12.3. The maximum absolute atomic E-state index is 12.3. The smallest absolute Gasteiger partial charge is 0.0381 e. The highest BCUT2D eigenvalue weighted by Gasteiger charge is 2.05. The van der Waals surface area contributed by atoms with Gasteiger partial charge in [-0.1, -0.05) is 0 Å². The van der Waals surface area contributed by atoms with Gasteiger partial charge in [0.25, 0.3) is 0 Å². The van der Waals surface area contributed by atoms with Crippen LogP contribution in [0.4, 0.5) is 4.48 Å². The molecule has 1 aliphatic rings. The third kappa shape index (κ3) is 2.01. The molecule has 0 amide bonds. The molecule has 48 valence electrons. The van der Waals surface area contributed by atoms with Crippen LogP contribution in [-0.4, -0.2) is 29.7 Å². The van der Waals surface area contributed by atoms with E-state index in [9.17, 15) is 4.48 Å². The molecule has 8 heavy (non-hydrogen) atoms. The first kappa shape index (κ1) is 6.36. The number of nitrogens with zero attached hydrogens (tertiary/aromatic N) is 1. The Morgan fingerprint density at radius 3 is 3.00 bits per heavy atom. The molecular formula is C5H10FNS. The van der Waals surface area contributed by atoms with Crippen LogP contribution in [-0.2, 0) is 0 Å².